The Kier molecular flexibility index (Phi) is 6.68. The topological polar surface area (TPSA) is 66.5 Å². The zero-order chi connectivity index (χ0) is 23.4. The van der Waals surface area contributed by atoms with Crippen LogP contribution in [0.5, 0.6) is 0 Å². The highest BCUT2D eigenvalue weighted by atomic mass is 16.2. The predicted molar refractivity (Wildman–Crippen MR) is 129 cm³/mol. The van der Waals surface area contributed by atoms with Crippen LogP contribution in [-0.2, 0) is 4.79 Å². The molecule has 0 aliphatic carbocycles. The van der Waals surface area contributed by atoms with Crippen LogP contribution in [0.1, 0.15) is 50.2 Å². The number of aryl methyl sites for hydroxylation is 2. The van der Waals surface area contributed by atoms with E-state index >= 15 is 0 Å². The molecule has 5 nitrogen and oxygen atoms in total. The number of rotatable bonds is 5. The van der Waals surface area contributed by atoms with Gasteiger partial charge in [-0.2, -0.15) is 0 Å². The Balaban J connectivity index is 1.52. The van der Waals surface area contributed by atoms with Gasteiger partial charge in [0, 0.05) is 29.9 Å². The van der Waals surface area contributed by atoms with Crippen molar-refractivity contribution in [1.82, 2.24) is 4.90 Å². The molecule has 0 saturated carbocycles. The minimum absolute atomic E-state index is 0.0850. The van der Waals surface area contributed by atoms with Gasteiger partial charge in [-0.25, -0.2) is 0 Å². The molecule has 5 heteroatoms. The summed E-state index contributed by atoms with van der Waals surface area (Å²) < 4.78 is 0. The van der Waals surface area contributed by atoms with Crippen molar-refractivity contribution in [2.45, 2.75) is 26.7 Å². The molecule has 1 aliphatic heterocycles. The van der Waals surface area contributed by atoms with Crippen LogP contribution in [0.4, 0.5) is 5.69 Å². The molecule has 0 radical (unpaired) electrons. The summed E-state index contributed by atoms with van der Waals surface area (Å²) in [7, 11) is 0. The Morgan fingerprint density at radius 2 is 1.55 bits per heavy atom. The molecular formula is C28H28N2O3. The van der Waals surface area contributed by atoms with Crippen LogP contribution >= 0.6 is 0 Å². The summed E-state index contributed by atoms with van der Waals surface area (Å²) in [6.45, 7) is 4.88. The molecule has 0 aromatic heterocycles. The third-order valence-electron chi connectivity index (χ3n) is 6.29. The van der Waals surface area contributed by atoms with Crippen molar-refractivity contribution in [3.8, 4) is 0 Å². The van der Waals surface area contributed by atoms with Crippen LogP contribution in [0.2, 0.25) is 0 Å². The first-order chi connectivity index (χ1) is 15.9. The summed E-state index contributed by atoms with van der Waals surface area (Å²) in [5.41, 5.74) is 4.23. The number of para-hydroxylation sites is 1. The number of anilines is 1. The van der Waals surface area contributed by atoms with Crippen LogP contribution < -0.4 is 5.32 Å². The number of amides is 2. The third-order valence-corrected chi connectivity index (χ3v) is 6.29. The summed E-state index contributed by atoms with van der Waals surface area (Å²) in [4.78, 5) is 41.2. The number of carbonyl (C=O) groups is 3. The number of piperidine rings is 1. The van der Waals surface area contributed by atoms with Crippen molar-refractivity contribution in [1.29, 1.82) is 0 Å². The molecule has 1 fully saturated rings. The first kappa shape index (κ1) is 22.5. The fraction of sp³-hybridized carbons (Fsp3) is 0.250. The second-order valence-corrected chi connectivity index (χ2v) is 8.62. The Morgan fingerprint density at radius 1 is 0.848 bits per heavy atom. The second kappa shape index (κ2) is 9.82. The van der Waals surface area contributed by atoms with E-state index in [2.05, 4.69) is 5.32 Å². The second-order valence-electron chi connectivity index (χ2n) is 8.62. The molecule has 168 valence electrons. The van der Waals surface area contributed by atoms with Crippen molar-refractivity contribution >= 4 is 23.3 Å². The fourth-order valence-corrected chi connectivity index (χ4v) is 4.22. The van der Waals surface area contributed by atoms with E-state index in [4.69, 9.17) is 0 Å². The van der Waals surface area contributed by atoms with Crippen molar-refractivity contribution < 1.29 is 14.4 Å². The molecule has 1 N–H and O–H groups in total. The minimum atomic E-state index is -0.287. The summed E-state index contributed by atoms with van der Waals surface area (Å²) in [5, 5.41) is 2.94. The van der Waals surface area contributed by atoms with Gasteiger partial charge in [-0.3, -0.25) is 14.4 Å². The molecule has 1 unspecified atom stereocenters. The van der Waals surface area contributed by atoms with Crippen LogP contribution in [0.3, 0.4) is 0 Å². The molecule has 1 heterocycles. The zero-order valence-corrected chi connectivity index (χ0v) is 19.0. The Bertz CT molecular complexity index is 1190. The van der Waals surface area contributed by atoms with Gasteiger partial charge in [0.2, 0.25) is 5.91 Å². The molecular weight excluding hydrogens is 412 g/mol. The number of nitrogens with zero attached hydrogens (tertiary/aromatic N) is 1. The van der Waals surface area contributed by atoms with Gasteiger partial charge >= 0.3 is 0 Å². The van der Waals surface area contributed by atoms with Crippen LogP contribution in [-0.4, -0.2) is 35.6 Å². The minimum Gasteiger partial charge on any atom is -0.338 e. The van der Waals surface area contributed by atoms with Gasteiger partial charge in [-0.15, -0.1) is 0 Å². The highest BCUT2D eigenvalue weighted by Crippen LogP contribution is 2.23. The molecule has 1 aliphatic rings. The average Bonchev–Trinajstić information content (AvgIpc) is 2.85. The lowest BCUT2D eigenvalue weighted by atomic mass is 9.93. The van der Waals surface area contributed by atoms with E-state index < -0.39 is 0 Å². The van der Waals surface area contributed by atoms with Gasteiger partial charge in [0.05, 0.1) is 11.5 Å². The number of hydrogen-bond donors (Lipinski definition) is 1. The molecule has 0 bridgehead atoms. The van der Waals surface area contributed by atoms with E-state index in [1.54, 1.807) is 35.2 Å². The molecule has 3 aromatic carbocycles. The van der Waals surface area contributed by atoms with Gasteiger partial charge in [-0.1, -0.05) is 48.5 Å². The number of carbonyl (C=O) groups excluding carboxylic acids is 3. The van der Waals surface area contributed by atoms with Gasteiger partial charge in [0.1, 0.15) is 0 Å². The quantitative estimate of drug-likeness (QED) is 0.566. The van der Waals surface area contributed by atoms with E-state index in [0.29, 0.717) is 29.8 Å². The Morgan fingerprint density at radius 3 is 2.27 bits per heavy atom. The Labute approximate surface area is 194 Å². The molecule has 0 spiro atoms. The van der Waals surface area contributed by atoms with Crippen molar-refractivity contribution in [2.75, 3.05) is 18.4 Å². The molecule has 3 aromatic rings. The lowest BCUT2D eigenvalue weighted by Gasteiger charge is -2.32. The maximum Gasteiger partial charge on any atom is 0.254 e. The highest BCUT2D eigenvalue weighted by Gasteiger charge is 2.30. The van der Waals surface area contributed by atoms with E-state index in [9.17, 15) is 14.4 Å². The van der Waals surface area contributed by atoms with Crippen molar-refractivity contribution in [2.24, 2.45) is 5.92 Å². The highest BCUT2D eigenvalue weighted by molar-refractivity contribution is 6.15. The summed E-state index contributed by atoms with van der Waals surface area (Å²) in [6, 6.07) is 21.9. The number of hydrogen-bond acceptors (Lipinski definition) is 3. The first-order valence-corrected chi connectivity index (χ1v) is 11.3. The molecule has 1 atom stereocenters. The van der Waals surface area contributed by atoms with Crippen LogP contribution in [0.25, 0.3) is 0 Å². The number of likely N-dealkylation sites (tertiary alicyclic amines) is 1. The van der Waals surface area contributed by atoms with E-state index in [0.717, 1.165) is 29.7 Å². The monoisotopic (exact) mass is 440 g/mol. The zero-order valence-electron chi connectivity index (χ0n) is 19.0. The van der Waals surface area contributed by atoms with Gasteiger partial charge in [-0.05, 0) is 62.1 Å². The fourth-order valence-electron chi connectivity index (χ4n) is 4.22. The van der Waals surface area contributed by atoms with E-state index in [1.165, 1.54) is 0 Å². The first-order valence-electron chi connectivity index (χ1n) is 11.3. The summed E-state index contributed by atoms with van der Waals surface area (Å²) >= 11 is 0. The Hall–Kier alpha value is -3.73. The van der Waals surface area contributed by atoms with Crippen LogP contribution in [0.15, 0.2) is 72.8 Å². The standard InChI is InChI=1S/C28H28N2O3/c1-19-14-15-21(17-20(19)2)26(31)24-12-6-7-13-25(24)28(33)30-16-8-9-22(18-30)27(32)29-23-10-4-3-5-11-23/h3-7,10-15,17,22H,8-9,16,18H2,1-2H3,(H,29,32). The third kappa shape index (κ3) is 5.03. The predicted octanol–water partition coefficient (Wildman–Crippen LogP) is 5.03. The maximum absolute atomic E-state index is 13.4. The molecule has 2 amide bonds. The smallest absolute Gasteiger partial charge is 0.254 e. The van der Waals surface area contributed by atoms with Crippen molar-refractivity contribution in [3.05, 3.63) is 101 Å². The largest absolute Gasteiger partial charge is 0.338 e. The van der Waals surface area contributed by atoms with Crippen molar-refractivity contribution in [3.63, 3.8) is 0 Å². The summed E-state index contributed by atoms with van der Waals surface area (Å²) in [6.07, 6.45) is 1.47. The van der Waals surface area contributed by atoms with E-state index in [-0.39, 0.29) is 23.5 Å². The van der Waals surface area contributed by atoms with Gasteiger partial charge < -0.3 is 10.2 Å². The number of nitrogens with one attached hydrogen (secondary N) is 1. The number of ketones is 1. The molecule has 4 rings (SSSR count). The van der Waals surface area contributed by atoms with E-state index in [1.807, 2.05) is 56.3 Å². The van der Waals surface area contributed by atoms with Gasteiger partial charge in [0.25, 0.3) is 5.91 Å². The lowest BCUT2D eigenvalue weighted by Crippen LogP contribution is -2.44. The average molecular weight is 441 g/mol. The normalized spacial score (nSPS) is 15.7. The molecule has 33 heavy (non-hydrogen) atoms. The molecule has 1 saturated heterocycles. The summed E-state index contributed by atoms with van der Waals surface area (Å²) in [5.74, 6) is -0.749. The SMILES string of the molecule is Cc1ccc(C(=O)c2ccccc2C(=O)N2CCCC(C(=O)Nc3ccccc3)C2)cc1C. The lowest BCUT2D eigenvalue weighted by molar-refractivity contribution is -0.121. The van der Waals surface area contributed by atoms with Crippen LogP contribution in [0, 0.1) is 19.8 Å². The number of benzene rings is 3. The maximum atomic E-state index is 13.4. The van der Waals surface area contributed by atoms with Gasteiger partial charge in [0.15, 0.2) is 5.78 Å².